The molecule has 2 rings (SSSR count). The van der Waals surface area contributed by atoms with Gasteiger partial charge in [-0.3, -0.25) is 32.6 Å². The summed E-state index contributed by atoms with van der Waals surface area (Å²) in [5.74, 6) is 0. The standard InChI is InChI=1S/C9H16N2O18P4/c12-3-6(30(17,18)19)7(15,31(20,21)22)8(16,32(23,24)25)9(29-6,33(26,27)28)11-2-1-4(13)10-5(11)14/h1-2,12,15-16H,3H2,(H,10,13,14)(H2,17,18,19)(H2,20,21,22)(H2,23,24,25)(H2,26,27,28)/t6-,7-,8-,9-/m0/s1. The molecular weight excluding hydrogens is 548 g/mol. The first-order valence-corrected chi connectivity index (χ1v) is 14.2. The number of nitrogens with zero attached hydrogens (tertiary/aromatic N) is 1. The summed E-state index contributed by atoms with van der Waals surface area (Å²) in [4.78, 5) is 103. The summed E-state index contributed by atoms with van der Waals surface area (Å²) >= 11 is 0. The molecule has 1 fully saturated rings. The molecule has 0 amide bonds. The molecule has 1 aliphatic heterocycles. The molecule has 12 N–H and O–H groups in total. The van der Waals surface area contributed by atoms with E-state index in [1.54, 1.807) is 0 Å². The Kier molecular flexibility index (Phi) is 6.49. The Hall–Kier alpha value is -0.880. The molecule has 0 spiro atoms. The first kappa shape index (κ1) is 28.4. The van der Waals surface area contributed by atoms with Crippen LogP contribution in [0.5, 0.6) is 0 Å². The van der Waals surface area contributed by atoms with Crippen LogP contribution in [-0.4, -0.2) is 86.7 Å². The van der Waals surface area contributed by atoms with E-state index in [0.717, 1.165) is 0 Å². The van der Waals surface area contributed by atoms with Crippen LogP contribution in [0.15, 0.2) is 21.9 Å². The summed E-state index contributed by atoms with van der Waals surface area (Å²) in [5, 5.41) is 15.7. The van der Waals surface area contributed by atoms with Gasteiger partial charge in [0.2, 0.25) is 5.34 Å². The van der Waals surface area contributed by atoms with E-state index in [0.29, 0.717) is 0 Å². The number of hydrogen-bond donors (Lipinski definition) is 12. The van der Waals surface area contributed by atoms with Gasteiger partial charge in [0.1, 0.15) is 0 Å². The minimum atomic E-state index is -7.13. The highest BCUT2D eigenvalue weighted by Crippen LogP contribution is 2.87. The fourth-order valence-corrected chi connectivity index (χ4v) is 10.6. The van der Waals surface area contributed by atoms with Crippen molar-refractivity contribution < 1.29 is 77.5 Å². The molecule has 190 valence electrons. The third-order valence-corrected chi connectivity index (χ3v) is 11.3. The smallest absolute Gasteiger partial charge is 0.382 e. The zero-order valence-corrected chi connectivity index (χ0v) is 19.0. The molecule has 1 aromatic rings. The first-order chi connectivity index (χ1) is 14.4. The van der Waals surface area contributed by atoms with Gasteiger partial charge < -0.3 is 59.2 Å². The van der Waals surface area contributed by atoms with Crippen LogP contribution in [0.25, 0.3) is 0 Å². The van der Waals surface area contributed by atoms with Crippen molar-refractivity contribution in [1.82, 2.24) is 9.55 Å². The maximum absolute atomic E-state index is 12.5. The maximum Gasteiger partial charge on any atom is 0.382 e. The van der Waals surface area contributed by atoms with Crippen molar-refractivity contribution in [3.63, 3.8) is 0 Å². The van der Waals surface area contributed by atoms with Gasteiger partial charge in [-0.2, -0.15) is 0 Å². The van der Waals surface area contributed by atoms with Crippen LogP contribution in [0.1, 0.15) is 0 Å². The van der Waals surface area contributed by atoms with Crippen LogP contribution >= 0.6 is 30.4 Å². The highest BCUT2D eigenvalue weighted by atomic mass is 31.2. The van der Waals surface area contributed by atoms with Crippen molar-refractivity contribution in [3.8, 4) is 0 Å². The van der Waals surface area contributed by atoms with E-state index in [-0.39, 0.29) is 12.3 Å². The fraction of sp³-hybridized carbons (Fsp3) is 0.556. The van der Waals surface area contributed by atoms with Gasteiger partial charge in [0, 0.05) is 12.3 Å². The topological polar surface area (TPSA) is 355 Å². The second kappa shape index (κ2) is 7.56. The Bertz CT molecular complexity index is 1280. The molecule has 0 aromatic carbocycles. The normalized spacial score (nSPS) is 33.9. The summed E-state index contributed by atoms with van der Waals surface area (Å²) in [6.07, 6.45) is -0.0475. The summed E-state index contributed by atoms with van der Waals surface area (Å²) in [7, 11) is -27.9. The molecule has 20 nitrogen and oxygen atoms in total. The van der Waals surface area contributed by atoms with Crippen molar-refractivity contribution >= 4 is 30.4 Å². The fourth-order valence-electron chi connectivity index (χ4n) is 3.47. The first-order valence-electron chi connectivity index (χ1n) is 7.74. The molecule has 1 saturated heterocycles. The number of ether oxygens (including phenoxy) is 1. The van der Waals surface area contributed by atoms with E-state index < -0.39 is 74.3 Å². The van der Waals surface area contributed by atoms with E-state index in [2.05, 4.69) is 4.74 Å². The number of rotatable bonds is 6. The number of nitrogens with one attached hydrogen (secondary N) is 1. The zero-order valence-electron chi connectivity index (χ0n) is 15.4. The number of hydrogen-bond acceptors (Lipinski definition) is 10. The lowest BCUT2D eigenvalue weighted by molar-refractivity contribution is -0.138. The van der Waals surface area contributed by atoms with E-state index in [1.807, 2.05) is 0 Å². The SMILES string of the molecule is O=c1ccn([C@]2(P(=O)(O)O)O[C@@](CO)(P(=O)(O)O)[C@](O)(P(=O)(O)O)[C@]2(O)P(=O)(O)O)c(=O)[nH]1. The highest BCUT2D eigenvalue weighted by Gasteiger charge is 2.98. The lowest BCUT2D eigenvalue weighted by Gasteiger charge is -2.46. The van der Waals surface area contributed by atoms with Crippen LogP contribution in [0, 0.1) is 0 Å². The number of H-pyrrole nitrogens is 1. The highest BCUT2D eigenvalue weighted by molar-refractivity contribution is 7.62. The third-order valence-electron chi connectivity index (χ3n) is 4.87. The van der Waals surface area contributed by atoms with Crippen molar-refractivity contribution in [2.75, 3.05) is 6.61 Å². The van der Waals surface area contributed by atoms with Crippen LogP contribution < -0.4 is 11.2 Å². The second-order valence-electron chi connectivity index (χ2n) is 6.65. The molecule has 0 unspecified atom stereocenters. The molecule has 33 heavy (non-hydrogen) atoms. The summed E-state index contributed by atoms with van der Waals surface area (Å²) in [6.45, 7) is -2.55. The zero-order chi connectivity index (χ0) is 26.3. The number of aliphatic hydroxyl groups excluding tert-OH is 1. The van der Waals surface area contributed by atoms with Crippen LogP contribution in [0.3, 0.4) is 0 Å². The van der Waals surface area contributed by atoms with Crippen molar-refractivity contribution in [2.24, 2.45) is 0 Å². The van der Waals surface area contributed by atoms with Crippen LogP contribution in [0.4, 0.5) is 0 Å². The Labute approximate surface area is 179 Å². The second-order valence-corrected chi connectivity index (χ2v) is 13.6. The predicted molar refractivity (Wildman–Crippen MR) is 98.3 cm³/mol. The molecule has 0 bridgehead atoms. The van der Waals surface area contributed by atoms with Gasteiger partial charge in [-0.1, -0.05) is 0 Å². The Morgan fingerprint density at radius 2 is 1.27 bits per heavy atom. The van der Waals surface area contributed by atoms with Crippen LogP contribution in [0.2, 0.25) is 0 Å². The maximum atomic E-state index is 12.5. The average molecular weight is 564 g/mol. The van der Waals surface area contributed by atoms with Crippen molar-refractivity contribution in [3.05, 3.63) is 33.1 Å². The quantitative estimate of drug-likeness (QED) is 0.144. The van der Waals surface area contributed by atoms with Gasteiger partial charge in [0.25, 0.3) is 21.7 Å². The summed E-state index contributed by atoms with van der Waals surface area (Å²) in [5.41, 5.74) is -8.44. The Morgan fingerprint density at radius 1 is 0.818 bits per heavy atom. The molecular formula is C9H16N2O18P4. The molecule has 4 atom stereocenters. The van der Waals surface area contributed by atoms with E-state index in [4.69, 9.17) is 0 Å². The number of aromatic amines is 1. The van der Waals surface area contributed by atoms with Gasteiger partial charge in [-0.05, 0) is 0 Å². The molecule has 0 aliphatic carbocycles. The number of aromatic nitrogens is 2. The van der Waals surface area contributed by atoms with Gasteiger partial charge in [0.15, 0.2) is 0 Å². The van der Waals surface area contributed by atoms with Crippen LogP contribution in [-0.2, 0) is 28.5 Å². The average Bonchev–Trinajstić information content (AvgIpc) is 2.79. The van der Waals surface area contributed by atoms with E-state index >= 15 is 0 Å². The van der Waals surface area contributed by atoms with Crippen molar-refractivity contribution in [2.45, 2.75) is 21.5 Å². The minimum Gasteiger partial charge on any atom is -0.393 e. The lowest BCUT2D eigenvalue weighted by atomic mass is 10.1. The molecule has 24 heteroatoms. The number of aliphatic hydroxyl groups is 3. The van der Waals surface area contributed by atoms with Crippen molar-refractivity contribution in [1.29, 1.82) is 0 Å². The van der Waals surface area contributed by atoms with Gasteiger partial charge in [-0.25, -0.2) is 4.79 Å². The molecule has 1 aromatic heterocycles. The predicted octanol–water partition coefficient (Wildman–Crippen LogP) is -5.05. The monoisotopic (exact) mass is 564 g/mol. The lowest BCUT2D eigenvalue weighted by Crippen LogP contribution is -2.67. The molecule has 0 radical (unpaired) electrons. The largest absolute Gasteiger partial charge is 0.393 e. The summed E-state index contributed by atoms with van der Waals surface area (Å²) in [6, 6.07) is 0.204. The van der Waals surface area contributed by atoms with E-state index in [1.165, 1.54) is 4.98 Å². The molecule has 0 saturated carbocycles. The molecule has 2 heterocycles. The van der Waals surface area contributed by atoms with Gasteiger partial charge in [-0.15, -0.1) is 0 Å². The van der Waals surface area contributed by atoms with E-state index in [9.17, 15) is 82.3 Å². The van der Waals surface area contributed by atoms with Gasteiger partial charge >= 0.3 is 36.1 Å². The summed E-state index contributed by atoms with van der Waals surface area (Å²) < 4.78 is 52.9. The van der Waals surface area contributed by atoms with Gasteiger partial charge in [0.05, 0.1) is 6.61 Å². The minimum absolute atomic E-state index is 0.0475. The Morgan fingerprint density at radius 3 is 1.58 bits per heavy atom. The molecule has 1 aliphatic rings. The third kappa shape index (κ3) is 3.25. The Balaban J connectivity index is 3.47.